The van der Waals surface area contributed by atoms with Crippen LogP contribution in [0.4, 0.5) is 0 Å². The zero-order valence-corrected chi connectivity index (χ0v) is 14.2. The Morgan fingerprint density at radius 3 is 2.50 bits per heavy atom. The van der Waals surface area contributed by atoms with Gasteiger partial charge in [-0.15, -0.1) is 0 Å². The quantitative estimate of drug-likeness (QED) is 0.844. The number of nitrogens with one attached hydrogen (secondary N) is 1. The van der Waals surface area contributed by atoms with E-state index in [0.717, 1.165) is 31.4 Å². The van der Waals surface area contributed by atoms with E-state index in [1.54, 1.807) is 6.08 Å². The number of carbonyl (C=O) groups excluding carboxylic acids is 2. The Kier molecular flexibility index (Phi) is 5.68. The lowest BCUT2D eigenvalue weighted by atomic mass is 9.94. The highest BCUT2D eigenvalue weighted by molar-refractivity contribution is 5.88. The van der Waals surface area contributed by atoms with Gasteiger partial charge in [-0.2, -0.15) is 0 Å². The van der Waals surface area contributed by atoms with Crippen molar-refractivity contribution in [3.8, 4) is 0 Å². The van der Waals surface area contributed by atoms with E-state index in [0.29, 0.717) is 13.0 Å². The van der Waals surface area contributed by atoms with Crippen LogP contribution in [0, 0.1) is 0 Å². The third kappa shape index (κ3) is 4.47. The molecule has 2 amide bonds. The van der Waals surface area contributed by atoms with E-state index in [4.69, 9.17) is 0 Å². The summed E-state index contributed by atoms with van der Waals surface area (Å²) in [7, 11) is 0. The van der Waals surface area contributed by atoms with Gasteiger partial charge in [0, 0.05) is 25.6 Å². The van der Waals surface area contributed by atoms with Gasteiger partial charge in [0.2, 0.25) is 11.8 Å². The summed E-state index contributed by atoms with van der Waals surface area (Å²) in [6.07, 6.45) is 9.02. The van der Waals surface area contributed by atoms with Crippen molar-refractivity contribution in [2.75, 3.05) is 13.1 Å². The van der Waals surface area contributed by atoms with Crippen molar-refractivity contribution in [2.45, 2.75) is 51.0 Å². The Labute approximate surface area is 143 Å². The standard InChI is InChI=1S/C20H26N2O2/c23-19(14-16-8-3-1-4-9-16)21-18(17-10-5-2-6-11-17)15-22-13-7-12-20(22)24/h2,5-6,10-11,14,18H,1,3-4,7-9,12-13,15H2,(H,21,23)/t18-/m1/s1. The van der Waals surface area contributed by atoms with Gasteiger partial charge in [0.1, 0.15) is 0 Å². The van der Waals surface area contributed by atoms with Gasteiger partial charge in [-0.3, -0.25) is 9.59 Å². The fourth-order valence-electron chi connectivity index (χ4n) is 3.59. The van der Waals surface area contributed by atoms with Crippen LogP contribution in [0.1, 0.15) is 56.6 Å². The lowest BCUT2D eigenvalue weighted by molar-refractivity contribution is -0.128. The second-order valence-electron chi connectivity index (χ2n) is 6.78. The molecule has 1 saturated heterocycles. The zero-order valence-electron chi connectivity index (χ0n) is 14.2. The third-order valence-corrected chi connectivity index (χ3v) is 4.92. The van der Waals surface area contributed by atoms with Crippen LogP contribution in [-0.4, -0.2) is 29.8 Å². The van der Waals surface area contributed by atoms with Crippen molar-refractivity contribution in [1.29, 1.82) is 0 Å². The number of allylic oxidation sites excluding steroid dienone is 1. The molecular formula is C20H26N2O2. The van der Waals surface area contributed by atoms with Gasteiger partial charge in [-0.25, -0.2) is 0 Å². The summed E-state index contributed by atoms with van der Waals surface area (Å²) in [5.41, 5.74) is 2.30. The van der Waals surface area contributed by atoms with Gasteiger partial charge in [0.05, 0.1) is 6.04 Å². The molecule has 1 aromatic carbocycles. The van der Waals surface area contributed by atoms with Gasteiger partial charge in [-0.05, 0) is 37.7 Å². The zero-order chi connectivity index (χ0) is 16.8. The molecule has 1 aromatic rings. The molecule has 1 atom stereocenters. The van der Waals surface area contributed by atoms with Gasteiger partial charge in [0.25, 0.3) is 0 Å². The molecule has 128 valence electrons. The first-order chi connectivity index (χ1) is 11.7. The topological polar surface area (TPSA) is 49.4 Å². The van der Waals surface area contributed by atoms with Crippen LogP contribution in [0.5, 0.6) is 0 Å². The van der Waals surface area contributed by atoms with Gasteiger partial charge >= 0.3 is 0 Å². The van der Waals surface area contributed by atoms with Crippen LogP contribution in [0.3, 0.4) is 0 Å². The molecule has 0 aromatic heterocycles. The predicted molar refractivity (Wildman–Crippen MR) is 94.3 cm³/mol. The normalized spacial score (nSPS) is 19.2. The SMILES string of the molecule is O=C(C=C1CCCCC1)N[C@H](CN1CCCC1=O)c1ccccc1. The number of carbonyl (C=O) groups is 2. The number of hydrogen-bond donors (Lipinski definition) is 1. The number of amides is 2. The highest BCUT2D eigenvalue weighted by atomic mass is 16.2. The molecular weight excluding hydrogens is 300 g/mol. The monoisotopic (exact) mass is 326 g/mol. The molecule has 0 radical (unpaired) electrons. The molecule has 4 nitrogen and oxygen atoms in total. The smallest absolute Gasteiger partial charge is 0.244 e. The summed E-state index contributed by atoms with van der Waals surface area (Å²) in [6.45, 7) is 1.34. The van der Waals surface area contributed by atoms with Gasteiger partial charge < -0.3 is 10.2 Å². The molecule has 1 aliphatic heterocycles. The van der Waals surface area contributed by atoms with Crippen LogP contribution in [0.15, 0.2) is 42.0 Å². The molecule has 1 saturated carbocycles. The highest BCUT2D eigenvalue weighted by Crippen LogP contribution is 2.23. The molecule has 3 rings (SSSR count). The minimum Gasteiger partial charge on any atom is -0.344 e. The van der Waals surface area contributed by atoms with Crippen molar-refractivity contribution in [1.82, 2.24) is 10.2 Å². The third-order valence-electron chi connectivity index (χ3n) is 4.92. The molecule has 1 N–H and O–H groups in total. The maximum atomic E-state index is 12.5. The first kappa shape index (κ1) is 16.7. The maximum absolute atomic E-state index is 12.5. The summed E-state index contributed by atoms with van der Waals surface area (Å²) in [5, 5.41) is 3.12. The highest BCUT2D eigenvalue weighted by Gasteiger charge is 2.25. The first-order valence-electron chi connectivity index (χ1n) is 9.05. The van der Waals surface area contributed by atoms with Crippen molar-refractivity contribution in [3.63, 3.8) is 0 Å². The largest absolute Gasteiger partial charge is 0.344 e. The number of rotatable bonds is 5. The van der Waals surface area contributed by atoms with Gasteiger partial charge in [0.15, 0.2) is 0 Å². The molecule has 2 fully saturated rings. The number of likely N-dealkylation sites (tertiary alicyclic amines) is 1. The second-order valence-corrected chi connectivity index (χ2v) is 6.78. The molecule has 1 aliphatic carbocycles. The molecule has 0 bridgehead atoms. The van der Waals surface area contributed by atoms with E-state index in [-0.39, 0.29) is 17.9 Å². The molecule has 24 heavy (non-hydrogen) atoms. The Hall–Kier alpha value is -2.10. The Balaban J connectivity index is 1.69. The summed E-state index contributed by atoms with van der Waals surface area (Å²) in [5.74, 6) is 0.156. The second kappa shape index (κ2) is 8.13. The summed E-state index contributed by atoms with van der Waals surface area (Å²) < 4.78 is 0. The van der Waals surface area contributed by atoms with Crippen LogP contribution >= 0.6 is 0 Å². The molecule has 1 heterocycles. The van der Waals surface area contributed by atoms with Crippen LogP contribution in [-0.2, 0) is 9.59 Å². The van der Waals surface area contributed by atoms with E-state index in [9.17, 15) is 9.59 Å². The minimum absolute atomic E-state index is 0.0348. The van der Waals surface area contributed by atoms with Crippen molar-refractivity contribution in [2.24, 2.45) is 0 Å². The van der Waals surface area contributed by atoms with E-state index in [1.165, 1.54) is 24.8 Å². The Bertz CT molecular complexity index is 601. The van der Waals surface area contributed by atoms with E-state index >= 15 is 0 Å². The molecule has 2 aliphatic rings. The van der Waals surface area contributed by atoms with E-state index in [2.05, 4.69) is 5.32 Å². The average Bonchev–Trinajstić information content (AvgIpc) is 3.01. The minimum atomic E-state index is -0.152. The predicted octanol–water partition coefficient (Wildman–Crippen LogP) is 3.36. The number of benzene rings is 1. The van der Waals surface area contributed by atoms with Crippen LogP contribution in [0.2, 0.25) is 0 Å². The Morgan fingerprint density at radius 2 is 1.83 bits per heavy atom. The fourth-order valence-corrected chi connectivity index (χ4v) is 3.59. The number of hydrogen-bond acceptors (Lipinski definition) is 2. The first-order valence-corrected chi connectivity index (χ1v) is 9.05. The maximum Gasteiger partial charge on any atom is 0.244 e. The summed E-state index contributed by atoms with van der Waals surface area (Å²) >= 11 is 0. The van der Waals surface area contributed by atoms with Crippen molar-refractivity contribution in [3.05, 3.63) is 47.5 Å². The summed E-state index contributed by atoms with van der Waals surface area (Å²) in [4.78, 5) is 26.3. The molecule has 0 unspecified atom stereocenters. The summed E-state index contributed by atoms with van der Waals surface area (Å²) in [6, 6.07) is 9.78. The van der Waals surface area contributed by atoms with E-state index in [1.807, 2.05) is 35.2 Å². The van der Waals surface area contributed by atoms with E-state index < -0.39 is 0 Å². The van der Waals surface area contributed by atoms with Crippen molar-refractivity contribution >= 4 is 11.8 Å². The van der Waals surface area contributed by atoms with Crippen molar-refractivity contribution < 1.29 is 9.59 Å². The Morgan fingerprint density at radius 1 is 1.08 bits per heavy atom. The number of nitrogens with zero attached hydrogens (tertiary/aromatic N) is 1. The van der Waals surface area contributed by atoms with Gasteiger partial charge in [-0.1, -0.05) is 42.3 Å². The lowest BCUT2D eigenvalue weighted by Crippen LogP contribution is -2.38. The molecule has 0 spiro atoms. The van der Waals surface area contributed by atoms with Crippen LogP contribution < -0.4 is 5.32 Å². The van der Waals surface area contributed by atoms with Crippen LogP contribution in [0.25, 0.3) is 0 Å². The lowest BCUT2D eigenvalue weighted by Gasteiger charge is -2.25. The molecule has 4 heteroatoms. The average molecular weight is 326 g/mol. The fraction of sp³-hybridized carbons (Fsp3) is 0.500.